The Labute approximate surface area is 129 Å². The van der Waals surface area contributed by atoms with E-state index < -0.39 is 0 Å². The fraction of sp³-hybridized carbons (Fsp3) is 0.294. The van der Waals surface area contributed by atoms with Crippen LogP contribution in [0.4, 0.5) is 0 Å². The van der Waals surface area contributed by atoms with Gasteiger partial charge in [-0.3, -0.25) is 9.78 Å². The number of ether oxygens (including phenoxy) is 1. The Morgan fingerprint density at radius 1 is 1.18 bits per heavy atom. The molecule has 1 aliphatic rings. The summed E-state index contributed by atoms with van der Waals surface area (Å²) < 4.78 is 5.25. The number of aromatic nitrogens is 1. The fourth-order valence-electron chi connectivity index (χ4n) is 2.57. The summed E-state index contributed by atoms with van der Waals surface area (Å²) >= 11 is 0. The van der Waals surface area contributed by atoms with Crippen LogP contribution in [-0.2, 0) is 0 Å². The molecule has 0 saturated carbocycles. The van der Waals surface area contributed by atoms with Crippen molar-refractivity contribution in [1.29, 1.82) is 0 Å². The first-order chi connectivity index (χ1) is 10.8. The summed E-state index contributed by atoms with van der Waals surface area (Å²) in [6.45, 7) is 3.16. The van der Waals surface area contributed by atoms with Gasteiger partial charge in [0.05, 0.1) is 12.7 Å². The minimum Gasteiger partial charge on any atom is -0.497 e. The van der Waals surface area contributed by atoms with E-state index in [0.29, 0.717) is 5.56 Å². The van der Waals surface area contributed by atoms with Crippen LogP contribution in [0.2, 0.25) is 0 Å². The van der Waals surface area contributed by atoms with E-state index >= 15 is 0 Å². The number of methoxy groups -OCH3 is 1. The van der Waals surface area contributed by atoms with Gasteiger partial charge in [0, 0.05) is 44.1 Å². The van der Waals surface area contributed by atoms with Crippen LogP contribution in [-0.4, -0.2) is 49.1 Å². The third kappa shape index (κ3) is 3.09. The van der Waals surface area contributed by atoms with Crippen LogP contribution in [0.1, 0.15) is 10.4 Å². The number of nitrogens with one attached hydrogen (secondary N) is 1. The van der Waals surface area contributed by atoms with Crippen molar-refractivity contribution in [3.63, 3.8) is 0 Å². The van der Waals surface area contributed by atoms with Crippen LogP contribution in [0.15, 0.2) is 42.7 Å². The summed E-state index contributed by atoms with van der Waals surface area (Å²) in [5.74, 6) is 0.829. The summed E-state index contributed by atoms with van der Waals surface area (Å²) in [6.07, 6.45) is 3.40. The quantitative estimate of drug-likeness (QED) is 0.938. The van der Waals surface area contributed by atoms with Crippen molar-refractivity contribution in [3.8, 4) is 16.9 Å². The average molecular weight is 297 g/mol. The van der Waals surface area contributed by atoms with Gasteiger partial charge in [0.25, 0.3) is 5.91 Å². The summed E-state index contributed by atoms with van der Waals surface area (Å²) in [5, 5.41) is 3.25. The molecular formula is C17H19N3O2. The number of benzene rings is 1. The van der Waals surface area contributed by atoms with Crippen LogP contribution < -0.4 is 10.1 Å². The monoisotopic (exact) mass is 297 g/mol. The zero-order valence-electron chi connectivity index (χ0n) is 12.6. The molecule has 1 aromatic heterocycles. The molecule has 5 heteroatoms. The van der Waals surface area contributed by atoms with Gasteiger partial charge in [-0.25, -0.2) is 0 Å². The third-order valence-electron chi connectivity index (χ3n) is 3.79. The first kappa shape index (κ1) is 14.5. The molecule has 0 atom stereocenters. The molecule has 0 aliphatic carbocycles. The SMILES string of the molecule is COc1cccc(-c2cncc(C(=O)N3CCNCC3)c2)c1. The van der Waals surface area contributed by atoms with Crippen LogP contribution in [0.5, 0.6) is 5.75 Å². The van der Waals surface area contributed by atoms with Crippen LogP contribution >= 0.6 is 0 Å². The Hall–Kier alpha value is -2.40. The van der Waals surface area contributed by atoms with Gasteiger partial charge in [0.1, 0.15) is 5.75 Å². The molecular weight excluding hydrogens is 278 g/mol. The van der Waals surface area contributed by atoms with E-state index in [1.807, 2.05) is 35.2 Å². The minimum absolute atomic E-state index is 0.0405. The molecule has 1 saturated heterocycles. The smallest absolute Gasteiger partial charge is 0.255 e. The van der Waals surface area contributed by atoms with Crippen LogP contribution in [0, 0.1) is 0 Å². The summed E-state index contributed by atoms with van der Waals surface area (Å²) in [4.78, 5) is 18.6. The molecule has 1 amide bonds. The van der Waals surface area contributed by atoms with Gasteiger partial charge in [-0.05, 0) is 23.8 Å². The molecule has 2 heterocycles. The Morgan fingerprint density at radius 3 is 2.77 bits per heavy atom. The van der Waals surface area contributed by atoms with Crippen molar-refractivity contribution in [2.75, 3.05) is 33.3 Å². The van der Waals surface area contributed by atoms with Crippen molar-refractivity contribution >= 4 is 5.91 Å². The van der Waals surface area contributed by atoms with Gasteiger partial charge in [-0.2, -0.15) is 0 Å². The Bertz CT molecular complexity index is 666. The van der Waals surface area contributed by atoms with Crippen molar-refractivity contribution in [2.45, 2.75) is 0 Å². The van der Waals surface area contributed by atoms with E-state index in [1.54, 1.807) is 19.5 Å². The van der Waals surface area contributed by atoms with Crippen molar-refractivity contribution < 1.29 is 9.53 Å². The lowest BCUT2D eigenvalue weighted by Crippen LogP contribution is -2.46. The normalized spacial score (nSPS) is 14.7. The van der Waals surface area contributed by atoms with E-state index in [0.717, 1.165) is 43.1 Å². The standard InChI is InChI=1S/C17H19N3O2/c1-22-16-4-2-3-13(10-16)14-9-15(12-19-11-14)17(21)20-7-5-18-6-8-20/h2-4,9-12,18H,5-8H2,1H3. The van der Waals surface area contributed by atoms with Crippen LogP contribution in [0.3, 0.4) is 0 Å². The molecule has 3 rings (SSSR count). The molecule has 1 aliphatic heterocycles. The molecule has 0 bridgehead atoms. The second-order valence-corrected chi connectivity index (χ2v) is 5.24. The maximum Gasteiger partial charge on any atom is 0.255 e. The number of hydrogen-bond acceptors (Lipinski definition) is 4. The van der Waals surface area contributed by atoms with E-state index in [9.17, 15) is 4.79 Å². The maximum atomic E-state index is 12.5. The highest BCUT2D eigenvalue weighted by Gasteiger charge is 2.18. The number of nitrogens with zero attached hydrogens (tertiary/aromatic N) is 2. The lowest BCUT2D eigenvalue weighted by molar-refractivity contribution is 0.0735. The highest BCUT2D eigenvalue weighted by Crippen LogP contribution is 2.24. The van der Waals surface area contributed by atoms with Gasteiger partial charge < -0.3 is 15.0 Å². The largest absolute Gasteiger partial charge is 0.497 e. The van der Waals surface area contributed by atoms with Gasteiger partial charge in [0.2, 0.25) is 0 Å². The summed E-state index contributed by atoms with van der Waals surface area (Å²) in [5.41, 5.74) is 2.53. The predicted octanol–water partition coefficient (Wildman–Crippen LogP) is 1.80. The molecule has 114 valence electrons. The second-order valence-electron chi connectivity index (χ2n) is 5.24. The molecule has 1 fully saturated rings. The lowest BCUT2D eigenvalue weighted by atomic mass is 10.1. The van der Waals surface area contributed by atoms with Gasteiger partial charge in [-0.1, -0.05) is 12.1 Å². The lowest BCUT2D eigenvalue weighted by Gasteiger charge is -2.27. The molecule has 22 heavy (non-hydrogen) atoms. The zero-order chi connectivity index (χ0) is 15.4. The number of rotatable bonds is 3. The molecule has 1 N–H and O–H groups in total. The predicted molar refractivity (Wildman–Crippen MR) is 85.0 cm³/mol. The topological polar surface area (TPSA) is 54.5 Å². The van der Waals surface area contributed by atoms with Gasteiger partial charge >= 0.3 is 0 Å². The average Bonchev–Trinajstić information content (AvgIpc) is 2.62. The Morgan fingerprint density at radius 2 is 2.00 bits per heavy atom. The summed E-state index contributed by atoms with van der Waals surface area (Å²) in [6, 6.07) is 9.65. The van der Waals surface area contributed by atoms with E-state index in [2.05, 4.69) is 10.3 Å². The molecule has 2 aromatic rings. The van der Waals surface area contributed by atoms with Crippen molar-refractivity contribution in [3.05, 3.63) is 48.3 Å². The maximum absolute atomic E-state index is 12.5. The highest BCUT2D eigenvalue weighted by atomic mass is 16.5. The number of carbonyl (C=O) groups is 1. The molecule has 0 spiro atoms. The second kappa shape index (κ2) is 6.58. The fourth-order valence-corrected chi connectivity index (χ4v) is 2.57. The van der Waals surface area contributed by atoms with E-state index in [1.165, 1.54) is 0 Å². The first-order valence-electron chi connectivity index (χ1n) is 7.37. The highest BCUT2D eigenvalue weighted by molar-refractivity contribution is 5.95. The number of carbonyl (C=O) groups excluding carboxylic acids is 1. The first-order valence-corrected chi connectivity index (χ1v) is 7.37. The third-order valence-corrected chi connectivity index (χ3v) is 3.79. The number of pyridine rings is 1. The Kier molecular flexibility index (Phi) is 4.34. The Balaban J connectivity index is 1.87. The number of piperazine rings is 1. The molecule has 0 unspecified atom stereocenters. The minimum atomic E-state index is 0.0405. The molecule has 1 aromatic carbocycles. The number of hydrogen-bond donors (Lipinski definition) is 1. The molecule has 5 nitrogen and oxygen atoms in total. The number of amides is 1. The van der Waals surface area contributed by atoms with Crippen molar-refractivity contribution in [2.24, 2.45) is 0 Å². The van der Waals surface area contributed by atoms with E-state index in [-0.39, 0.29) is 5.91 Å². The van der Waals surface area contributed by atoms with Gasteiger partial charge in [0.15, 0.2) is 0 Å². The van der Waals surface area contributed by atoms with Crippen LogP contribution in [0.25, 0.3) is 11.1 Å². The zero-order valence-corrected chi connectivity index (χ0v) is 12.6. The summed E-state index contributed by atoms with van der Waals surface area (Å²) in [7, 11) is 1.64. The van der Waals surface area contributed by atoms with Gasteiger partial charge in [-0.15, -0.1) is 0 Å². The van der Waals surface area contributed by atoms with E-state index in [4.69, 9.17) is 4.74 Å². The molecule has 0 radical (unpaired) electrons. The van der Waals surface area contributed by atoms with Crippen molar-refractivity contribution in [1.82, 2.24) is 15.2 Å².